The second-order valence-electron chi connectivity index (χ2n) is 4.76. The Labute approximate surface area is 124 Å². The number of carbonyl (C=O) groups excluding carboxylic acids is 2. The van der Waals surface area contributed by atoms with Crippen molar-refractivity contribution in [1.29, 1.82) is 0 Å². The maximum Gasteiger partial charge on any atom is 0.311 e. The van der Waals surface area contributed by atoms with Gasteiger partial charge in [0.1, 0.15) is 5.75 Å². The molecule has 2 rings (SSSR count). The Morgan fingerprint density at radius 1 is 0.905 bits per heavy atom. The molecule has 0 fully saturated rings. The number of benzene rings is 2. The molecule has 0 spiro atoms. The SMILES string of the molecule is CCc1ccc(OC(=O)CCC(=O)c2ccccc2)cc1. The van der Waals surface area contributed by atoms with Crippen molar-refractivity contribution in [3.8, 4) is 5.75 Å². The van der Waals surface area contributed by atoms with Crippen LogP contribution in [0.5, 0.6) is 5.75 Å². The zero-order valence-corrected chi connectivity index (χ0v) is 12.0. The molecule has 0 atom stereocenters. The van der Waals surface area contributed by atoms with E-state index in [0.29, 0.717) is 11.3 Å². The quantitative estimate of drug-likeness (QED) is 0.459. The van der Waals surface area contributed by atoms with Gasteiger partial charge in [-0.05, 0) is 24.1 Å². The minimum atomic E-state index is -0.386. The zero-order chi connectivity index (χ0) is 15.1. The fraction of sp³-hybridized carbons (Fsp3) is 0.222. The summed E-state index contributed by atoms with van der Waals surface area (Å²) < 4.78 is 5.21. The summed E-state index contributed by atoms with van der Waals surface area (Å²) >= 11 is 0. The van der Waals surface area contributed by atoms with Gasteiger partial charge >= 0.3 is 5.97 Å². The molecule has 0 saturated heterocycles. The number of Topliss-reactive ketones (excluding diaryl/α,β-unsaturated/α-hetero) is 1. The molecule has 2 aromatic rings. The molecule has 0 unspecified atom stereocenters. The first-order chi connectivity index (χ1) is 10.2. The van der Waals surface area contributed by atoms with Gasteiger partial charge in [-0.25, -0.2) is 0 Å². The Morgan fingerprint density at radius 2 is 1.57 bits per heavy atom. The summed E-state index contributed by atoms with van der Waals surface area (Å²) in [4.78, 5) is 23.6. The Morgan fingerprint density at radius 3 is 2.19 bits per heavy atom. The third-order valence-electron chi connectivity index (χ3n) is 3.22. The number of aryl methyl sites for hydroxylation is 1. The van der Waals surface area contributed by atoms with Crippen LogP contribution in [0.15, 0.2) is 54.6 Å². The summed E-state index contributed by atoms with van der Waals surface area (Å²) in [5.41, 5.74) is 1.81. The number of rotatable bonds is 6. The first kappa shape index (κ1) is 15.0. The van der Waals surface area contributed by atoms with Crippen LogP contribution in [0.1, 0.15) is 35.7 Å². The number of hydrogen-bond donors (Lipinski definition) is 0. The molecule has 3 nitrogen and oxygen atoms in total. The molecule has 0 radical (unpaired) electrons. The normalized spacial score (nSPS) is 10.1. The highest BCUT2D eigenvalue weighted by Gasteiger charge is 2.10. The van der Waals surface area contributed by atoms with Gasteiger partial charge in [-0.15, -0.1) is 0 Å². The van der Waals surface area contributed by atoms with E-state index < -0.39 is 0 Å². The number of ether oxygens (including phenoxy) is 1. The van der Waals surface area contributed by atoms with E-state index in [4.69, 9.17) is 4.74 Å². The predicted molar refractivity (Wildman–Crippen MR) is 81.5 cm³/mol. The standard InChI is InChI=1S/C18H18O3/c1-2-14-8-10-16(11-9-14)21-18(20)13-12-17(19)15-6-4-3-5-7-15/h3-11H,2,12-13H2,1H3. The summed E-state index contributed by atoms with van der Waals surface area (Å²) in [6.45, 7) is 2.07. The first-order valence-corrected chi connectivity index (χ1v) is 7.07. The third-order valence-corrected chi connectivity index (χ3v) is 3.22. The largest absolute Gasteiger partial charge is 0.427 e. The van der Waals surface area contributed by atoms with Crippen molar-refractivity contribution in [2.24, 2.45) is 0 Å². The molecule has 0 aromatic heterocycles. The van der Waals surface area contributed by atoms with Gasteiger partial charge in [0.15, 0.2) is 5.78 Å². The van der Waals surface area contributed by atoms with Gasteiger partial charge in [-0.2, -0.15) is 0 Å². The van der Waals surface area contributed by atoms with Crippen molar-refractivity contribution in [2.45, 2.75) is 26.2 Å². The van der Waals surface area contributed by atoms with Crippen molar-refractivity contribution < 1.29 is 14.3 Å². The smallest absolute Gasteiger partial charge is 0.311 e. The van der Waals surface area contributed by atoms with E-state index >= 15 is 0 Å². The van der Waals surface area contributed by atoms with Crippen LogP contribution in [0.2, 0.25) is 0 Å². The highest BCUT2D eigenvalue weighted by molar-refractivity contribution is 5.97. The summed E-state index contributed by atoms with van der Waals surface area (Å²) in [7, 11) is 0. The van der Waals surface area contributed by atoms with Gasteiger partial charge in [0, 0.05) is 12.0 Å². The molecule has 0 heterocycles. The lowest BCUT2D eigenvalue weighted by Crippen LogP contribution is -2.10. The zero-order valence-electron chi connectivity index (χ0n) is 12.0. The van der Waals surface area contributed by atoms with Crippen LogP contribution < -0.4 is 4.74 Å². The Bertz CT molecular complexity index is 600. The molecule has 21 heavy (non-hydrogen) atoms. The molecule has 0 N–H and O–H groups in total. The van der Waals surface area contributed by atoms with E-state index in [0.717, 1.165) is 6.42 Å². The molecular weight excluding hydrogens is 264 g/mol. The Kier molecular flexibility index (Phi) is 5.27. The van der Waals surface area contributed by atoms with Crippen LogP contribution in [0, 0.1) is 0 Å². The van der Waals surface area contributed by atoms with Gasteiger partial charge in [0.05, 0.1) is 6.42 Å². The Hall–Kier alpha value is -2.42. The topological polar surface area (TPSA) is 43.4 Å². The highest BCUT2D eigenvalue weighted by Crippen LogP contribution is 2.14. The molecule has 0 bridgehead atoms. The van der Waals surface area contributed by atoms with Crippen LogP contribution in [0.4, 0.5) is 0 Å². The van der Waals surface area contributed by atoms with E-state index in [-0.39, 0.29) is 24.6 Å². The molecule has 3 heteroatoms. The lowest BCUT2D eigenvalue weighted by atomic mass is 10.1. The molecule has 0 saturated carbocycles. The number of carbonyl (C=O) groups is 2. The monoisotopic (exact) mass is 282 g/mol. The van der Waals surface area contributed by atoms with Crippen LogP contribution in [-0.2, 0) is 11.2 Å². The van der Waals surface area contributed by atoms with E-state index in [9.17, 15) is 9.59 Å². The van der Waals surface area contributed by atoms with E-state index in [1.54, 1.807) is 36.4 Å². The fourth-order valence-electron chi connectivity index (χ4n) is 1.96. The van der Waals surface area contributed by atoms with Crippen molar-refractivity contribution >= 4 is 11.8 Å². The van der Waals surface area contributed by atoms with Crippen LogP contribution in [-0.4, -0.2) is 11.8 Å². The molecule has 0 amide bonds. The predicted octanol–water partition coefficient (Wildman–Crippen LogP) is 3.82. The van der Waals surface area contributed by atoms with Gasteiger partial charge in [-0.3, -0.25) is 9.59 Å². The van der Waals surface area contributed by atoms with E-state index in [1.165, 1.54) is 5.56 Å². The average molecular weight is 282 g/mol. The fourth-order valence-corrected chi connectivity index (χ4v) is 1.96. The molecule has 108 valence electrons. The second kappa shape index (κ2) is 7.39. The second-order valence-corrected chi connectivity index (χ2v) is 4.76. The van der Waals surface area contributed by atoms with E-state index in [2.05, 4.69) is 6.92 Å². The minimum Gasteiger partial charge on any atom is -0.427 e. The average Bonchev–Trinajstić information content (AvgIpc) is 2.54. The maximum atomic E-state index is 11.9. The molecular formula is C18H18O3. The molecule has 0 aliphatic heterocycles. The summed E-state index contributed by atoms with van der Waals surface area (Å²) in [6, 6.07) is 16.4. The minimum absolute atomic E-state index is 0.0473. The van der Waals surface area contributed by atoms with Crippen molar-refractivity contribution in [1.82, 2.24) is 0 Å². The van der Waals surface area contributed by atoms with E-state index in [1.807, 2.05) is 18.2 Å². The Balaban J connectivity index is 1.83. The number of ketones is 1. The van der Waals surface area contributed by atoms with Crippen molar-refractivity contribution in [3.63, 3.8) is 0 Å². The highest BCUT2D eigenvalue weighted by atomic mass is 16.5. The molecule has 0 aliphatic rings. The van der Waals surface area contributed by atoms with Gasteiger partial charge < -0.3 is 4.74 Å². The first-order valence-electron chi connectivity index (χ1n) is 7.07. The third kappa shape index (κ3) is 4.56. The van der Waals surface area contributed by atoms with Crippen LogP contribution in [0.25, 0.3) is 0 Å². The van der Waals surface area contributed by atoms with Crippen molar-refractivity contribution in [3.05, 3.63) is 65.7 Å². The number of esters is 1. The summed E-state index contributed by atoms with van der Waals surface area (Å²) in [5, 5.41) is 0. The van der Waals surface area contributed by atoms with Crippen LogP contribution in [0.3, 0.4) is 0 Å². The number of hydrogen-bond acceptors (Lipinski definition) is 3. The summed E-state index contributed by atoms with van der Waals surface area (Å²) in [6.07, 6.45) is 1.19. The van der Waals surface area contributed by atoms with Gasteiger partial charge in [0.25, 0.3) is 0 Å². The van der Waals surface area contributed by atoms with Gasteiger partial charge in [-0.1, -0.05) is 49.4 Å². The summed E-state index contributed by atoms with van der Waals surface area (Å²) in [5.74, 6) is 0.0850. The molecule has 2 aromatic carbocycles. The molecule has 0 aliphatic carbocycles. The van der Waals surface area contributed by atoms with Gasteiger partial charge in [0.2, 0.25) is 0 Å². The maximum absolute atomic E-state index is 11.9. The lowest BCUT2D eigenvalue weighted by molar-refractivity contribution is -0.134. The van der Waals surface area contributed by atoms with Crippen molar-refractivity contribution in [2.75, 3.05) is 0 Å². The van der Waals surface area contributed by atoms with Crippen LogP contribution >= 0.6 is 0 Å². The lowest BCUT2D eigenvalue weighted by Gasteiger charge is -2.05.